The molecule has 1 aromatic rings. The van der Waals surface area contributed by atoms with Gasteiger partial charge in [-0.3, -0.25) is 4.79 Å². The van der Waals surface area contributed by atoms with Crippen LogP contribution >= 0.6 is 0 Å². The van der Waals surface area contributed by atoms with Gasteiger partial charge in [-0.15, -0.1) is 0 Å². The van der Waals surface area contributed by atoms with Gasteiger partial charge in [0, 0.05) is 18.7 Å². The highest BCUT2D eigenvalue weighted by Crippen LogP contribution is 2.35. The van der Waals surface area contributed by atoms with Crippen molar-refractivity contribution in [2.24, 2.45) is 0 Å². The average Bonchev–Trinajstić information content (AvgIpc) is 2.45. The normalized spacial score (nSPS) is 29.5. The molecule has 4 heteroatoms. The molecule has 2 heterocycles. The standard InChI is InChI=1S/C16H21NO3/c1-16(19)8-4-9-17(11-16)15(18)13-7-10-20-14-6-3-2-5-12(13)14/h2-3,5-6,13,19H,4,7-11H2,1H3. The van der Waals surface area contributed by atoms with Gasteiger partial charge in [0.15, 0.2) is 0 Å². The molecule has 0 bridgehead atoms. The smallest absolute Gasteiger partial charge is 0.230 e. The summed E-state index contributed by atoms with van der Waals surface area (Å²) in [6, 6.07) is 7.76. The second-order valence-corrected chi connectivity index (χ2v) is 6.09. The Bertz CT molecular complexity index is 512. The van der Waals surface area contributed by atoms with Crippen LogP contribution in [0.15, 0.2) is 24.3 Å². The van der Waals surface area contributed by atoms with Crippen LogP contribution in [0, 0.1) is 0 Å². The molecule has 0 spiro atoms. The quantitative estimate of drug-likeness (QED) is 0.852. The lowest BCUT2D eigenvalue weighted by Crippen LogP contribution is -2.50. The van der Waals surface area contributed by atoms with E-state index in [4.69, 9.17) is 4.74 Å². The van der Waals surface area contributed by atoms with Gasteiger partial charge in [0.1, 0.15) is 5.75 Å². The maximum Gasteiger partial charge on any atom is 0.230 e. The first-order valence-corrected chi connectivity index (χ1v) is 7.30. The monoisotopic (exact) mass is 275 g/mol. The summed E-state index contributed by atoms with van der Waals surface area (Å²) in [5, 5.41) is 10.2. The van der Waals surface area contributed by atoms with Gasteiger partial charge in [-0.1, -0.05) is 18.2 Å². The Morgan fingerprint density at radius 1 is 1.45 bits per heavy atom. The molecule has 3 rings (SSSR count). The van der Waals surface area contributed by atoms with Gasteiger partial charge in [-0.05, 0) is 32.3 Å². The topological polar surface area (TPSA) is 49.8 Å². The van der Waals surface area contributed by atoms with Crippen molar-refractivity contribution >= 4 is 5.91 Å². The summed E-state index contributed by atoms with van der Waals surface area (Å²) in [5.41, 5.74) is 0.229. The van der Waals surface area contributed by atoms with Crippen molar-refractivity contribution in [3.63, 3.8) is 0 Å². The van der Waals surface area contributed by atoms with Crippen molar-refractivity contribution in [3.8, 4) is 5.75 Å². The SMILES string of the molecule is CC1(O)CCCN(C(=O)C2CCOc3ccccc32)C1. The van der Waals surface area contributed by atoms with Crippen molar-refractivity contribution < 1.29 is 14.6 Å². The molecule has 4 nitrogen and oxygen atoms in total. The van der Waals surface area contributed by atoms with E-state index >= 15 is 0 Å². The number of carbonyl (C=O) groups is 1. The Kier molecular flexibility index (Phi) is 3.42. The van der Waals surface area contributed by atoms with Gasteiger partial charge >= 0.3 is 0 Å². The summed E-state index contributed by atoms with van der Waals surface area (Å²) in [6.45, 7) is 3.57. The maximum absolute atomic E-state index is 12.8. The second-order valence-electron chi connectivity index (χ2n) is 6.09. The molecule has 2 unspecified atom stereocenters. The van der Waals surface area contributed by atoms with Gasteiger partial charge in [0.2, 0.25) is 5.91 Å². The number of ether oxygens (including phenoxy) is 1. The van der Waals surface area contributed by atoms with Crippen LogP contribution in [0.25, 0.3) is 0 Å². The van der Waals surface area contributed by atoms with Gasteiger partial charge in [0.05, 0.1) is 18.1 Å². The van der Waals surface area contributed by atoms with E-state index < -0.39 is 5.60 Å². The first kappa shape index (κ1) is 13.4. The summed E-state index contributed by atoms with van der Waals surface area (Å²) in [4.78, 5) is 14.6. The first-order valence-electron chi connectivity index (χ1n) is 7.30. The number of aliphatic hydroxyl groups is 1. The fraction of sp³-hybridized carbons (Fsp3) is 0.562. The largest absolute Gasteiger partial charge is 0.493 e. The zero-order chi connectivity index (χ0) is 14.2. The van der Waals surface area contributed by atoms with Crippen molar-refractivity contribution in [2.45, 2.75) is 37.7 Å². The van der Waals surface area contributed by atoms with Gasteiger partial charge in [-0.25, -0.2) is 0 Å². The molecule has 1 amide bonds. The lowest BCUT2D eigenvalue weighted by molar-refractivity contribution is -0.139. The number of piperidine rings is 1. The van der Waals surface area contributed by atoms with E-state index in [0.717, 1.165) is 30.7 Å². The van der Waals surface area contributed by atoms with E-state index in [1.165, 1.54) is 0 Å². The van der Waals surface area contributed by atoms with Crippen LogP contribution < -0.4 is 4.74 Å². The summed E-state index contributed by atoms with van der Waals surface area (Å²) < 4.78 is 5.61. The van der Waals surface area contributed by atoms with Gasteiger partial charge in [-0.2, -0.15) is 0 Å². The Morgan fingerprint density at radius 2 is 2.25 bits per heavy atom. The highest BCUT2D eigenvalue weighted by molar-refractivity contribution is 5.85. The van der Waals surface area contributed by atoms with E-state index in [1.54, 1.807) is 0 Å². The molecule has 108 valence electrons. The number of benzene rings is 1. The fourth-order valence-electron chi connectivity index (χ4n) is 3.23. The summed E-state index contributed by atoms with van der Waals surface area (Å²) in [7, 11) is 0. The van der Waals surface area contributed by atoms with E-state index in [0.29, 0.717) is 19.6 Å². The second kappa shape index (κ2) is 5.09. The van der Waals surface area contributed by atoms with Crippen molar-refractivity contribution in [2.75, 3.05) is 19.7 Å². The van der Waals surface area contributed by atoms with E-state index in [-0.39, 0.29) is 11.8 Å². The first-order chi connectivity index (χ1) is 9.57. The predicted octanol–water partition coefficient (Wildman–Crippen LogP) is 1.93. The molecule has 1 fully saturated rings. The number of rotatable bonds is 1. The Hall–Kier alpha value is -1.55. The highest BCUT2D eigenvalue weighted by Gasteiger charge is 2.36. The van der Waals surface area contributed by atoms with Crippen LogP contribution in [0.2, 0.25) is 0 Å². The minimum atomic E-state index is -0.751. The number of fused-ring (bicyclic) bond motifs is 1. The maximum atomic E-state index is 12.8. The molecule has 0 aromatic heterocycles. The van der Waals surface area contributed by atoms with Crippen LogP contribution in [0.4, 0.5) is 0 Å². The molecule has 20 heavy (non-hydrogen) atoms. The summed E-state index contributed by atoms with van der Waals surface area (Å²) in [6.07, 6.45) is 2.35. The highest BCUT2D eigenvalue weighted by atomic mass is 16.5. The van der Waals surface area contributed by atoms with E-state index in [2.05, 4.69) is 0 Å². The molecular formula is C16H21NO3. The molecule has 0 radical (unpaired) electrons. The Morgan fingerprint density at radius 3 is 3.05 bits per heavy atom. The molecule has 1 saturated heterocycles. The summed E-state index contributed by atoms with van der Waals surface area (Å²) in [5.74, 6) is 0.815. The molecule has 2 atom stereocenters. The predicted molar refractivity (Wildman–Crippen MR) is 75.7 cm³/mol. The summed E-state index contributed by atoms with van der Waals surface area (Å²) >= 11 is 0. The van der Waals surface area contributed by atoms with Crippen LogP contribution in [0.5, 0.6) is 5.75 Å². The number of hydrogen-bond acceptors (Lipinski definition) is 3. The van der Waals surface area contributed by atoms with Crippen LogP contribution in [0.3, 0.4) is 0 Å². The van der Waals surface area contributed by atoms with Gasteiger partial charge in [0.25, 0.3) is 0 Å². The third-order valence-electron chi connectivity index (χ3n) is 4.24. The van der Waals surface area contributed by atoms with Crippen LogP contribution in [-0.2, 0) is 4.79 Å². The Balaban J connectivity index is 1.81. The lowest BCUT2D eigenvalue weighted by Gasteiger charge is -2.39. The zero-order valence-electron chi connectivity index (χ0n) is 11.8. The van der Waals surface area contributed by atoms with Crippen molar-refractivity contribution in [3.05, 3.63) is 29.8 Å². The zero-order valence-corrected chi connectivity index (χ0v) is 11.8. The third kappa shape index (κ3) is 2.52. The number of para-hydroxylation sites is 1. The molecule has 2 aliphatic rings. The minimum Gasteiger partial charge on any atom is -0.493 e. The number of hydrogen-bond donors (Lipinski definition) is 1. The number of likely N-dealkylation sites (tertiary alicyclic amines) is 1. The number of β-amino-alcohol motifs (C(OH)–C–C–N with tert-alkyl or cyclic N) is 1. The van der Waals surface area contributed by atoms with Crippen molar-refractivity contribution in [1.82, 2.24) is 4.90 Å². The Labute approximate surface area is 119 Å². The van der Waals surface area contributed by atoms with Crippen molar-refractivity contribution in [1.29, 1.82) is 0 Å². The fourth-order valence-corrected chi connectivity index (χ4v) is 3.23. The third-order valence-corrected chi connectivity index (χ3v) is 4.24. The molecule has 1 aromatic carbocycles. The van der Waals surface area contributed by atoms with Crippen LogP contribution in [0.1, 0.15) is 37.7 Å². The molecule has 2 aliphatic heterocycles. The number of carbonyl (C=O) groups excluding carboxylic acids is 1. The minimum absolute atomic E-state index is 0.126. The van der Waals surface area contributed by atoms with Gasteiger partial charge < -0.3 is 14.7 Å². The lowest BCUT2D eigenvalue weighted by atomic mass is 9.89. The number of nitrogens with zero attached hydrogens (tertiary/aromatic N) is 1. The molecule has 1 N–H and O–H groups in total. The molecule has 0 saturated carbocycles. The van der Waals surface area contributed by atoms with E-state index in [1.807, 2.05) is 36.1 Å². The average molecular weight is 275 g/mol. The van der Waals surface area contributed by atoms with Crippen LogP contribution in [-0.4, -0.2) is 41.2 Å². The van der Waals surface area contributed by atoms with E-state index in [9.17, 15) is 9.90 Å². The molecule has 0 aliphatic carbocycles. The number of amides is 1. The molecular weight excluding hydrogens is 254 g/mol.